The fraction of sp³-hybridized carbons (Fsp3) is 0.0714. The van der Waals surface area contributed by atoms with E-state index >= 15 is 0 Å². The highest BCUT2D eigenvalue weighted by Crippen LogP contribution is 2.26. The predicted octanol–water partition coefficient (Wildman–Crippen LogP) is 6.67. The third kappa shape index (κ3) is 3.97. The maximum atomic E-state index is 9.80. The van der Waals surface area contributed by atoms with Crippen molar-refractivity contribution in [2.45, 2.75) is 13.5 Å². The van der Waals surface area contributed by atoms with Gasteiger partial charge in [-0.3, -0.25) is 0 Å². The van der Waals surface area contributed by atoms with Gasteiger partial charge in [0.2, 0.25) is 0 Å². The van der Waals surface area contributed by atoms with E-state index in [0.29, 0.717) is 18.0 Å². The lowest BCUT2D eigenvalue weighted by Crippen LogP contribution is -1.97. The molecule has 0 aliphatic carbocycles. The van der Waals surface area contributed by atoms with Crippen molar-refractivity contribution in [2.75, 3.05) is 0 Å². The van der Waals surface area contributed by atoms with Crippen molar-refractivity contribution in [3.05, 3.63) is 107 Å². The number of nitrogens with zero attached hydrogens (tertiary/aromatic N) is 2. The molecule has 0 radical (unpaired) electrons. The predicted molar refractivity (Wildman–Crippen MR) is 129 cm³/mol. The molecule has 0 aliphatic rings. The number of rotatable bonds is 5. The average molecular weight is 415 g/mol. The van der Waals surface area contributed by atoms with E-state index in [1.165, 1.54) is 10.8 Å². The summed E-state index contributed by atoms with van der Waals surface area (Å²) in [6.07, 6.45) is 1.82. The lowest BCUT2D eigenvalue weighted by Gasteiger charge is -2.10. The van der Waals surface area contributed by atoms with Crippen LogP contribution in [0.25, 0.3) is 33.5 Å². The molecule has 0 bridgehead atoms. The molecule has 0 aliphatic heterocycles. The third-order valence-corrected chi connectivity index (χ3v) is 5.44. The Labute approximate surface area is 186 Å². The Balaban J connectivity index is 1.43. The van der Waals surface area contributed by atoms with Gasteiger partial charge in [0.25, 0.3) is 0 Å². The molecule has 0 unspecified atom stereocenters. The smallest absolute Gasteiger partial charge is 0.149 e. The Hall–Kier alpha value is -4.36. The van der Waals surface area contributed by atoms with Crippen LogP contribution >= 0.6 is 0 Å². The van der Waals surface area contributed by atoms with Crippen LogP contribution in [0.3, 0.4) is 0 Å². The van der Waals surface area contributed by atoms with Crippen LogP contribution in [0.2, 0.25) is 0 Å². The SMILES string of the molecule is Cc1ccc2nc(C(C#N)=Cc3ccccc3OCc3ccc4ccccc4c3)[nH]c2c1. The summed E-state index contributed by atoms with van der Waals surface area (Å²) in [4.78, 5) is 7.85. The van der Waals surface area contributed by atoms with Gasteiger partial charge in [-0.1, -0.05) is 60.7 Å². The molecule has 32 heavy (non-hydrogen) atoms. The number of nitrogens with one attached hydrogen (secondary N) is 1. The molecule has 154 valence electrons. The maximum Gasteiger partial charge on any atom is 0.149 e. The Morgan fingerprint density at radius 1 is 0.969 bits per heavy atom. The first-order valence-corrected chi connectivity index (χ1v) is 10.5. The van der Waals surface area contributed by atoms with E-state index in [4.69, 9.17) is 4.74 Å². The second-order valence-corrected chi connectivity index (χ2v) is 7.78. The number of fused-ring (bicyclic) bond motifs is 2. The van der Waals surface area contributed by atoms with Gasteiger partial charge in [0.05, 0.1) is 16.6 Å². The zero-order valence-electron chi connectivity index (χ0n) is 17.7. The van der Waals surface area contributed by atoms with Crippen molar-refractivity contribution in [2.24, 2.45) is 0 Å². The van der Waals surface area contributed by atoms with Crippen LogP contribution in [0.5, 0.6) is 5.75 Å². The number of benzene rings is 4. The van der Waals surface area contributed by atoms with E-state index in [-0.39, 0.29) is 0 Å². The molecule has 1 aromatic heterocycles. The first-order chi connectivity index (χ1) is 15.7. The van der Waals surface area contributed by atoms with Crippen LogP contribution in [-0.2, 0) is 6.61 Å². The lowest BCUT2D eigenvalue weighted by molar-refractivity contribution is 0.306. The topological polar surface area (TPSA) is 61.7 Å². The zero-order valence-corrected chi connectivity index (χ0v) is 17.7. The number of H-pyrrole nitrogens is 1. The minimum atomic E-state index is 0.446. The minimum Gasteiger partial charge on any atom is -0.488 e. The van der Waals surface area contributed by atoms with E-state index in [9.17, 15) is 5.26 Å². The maximum absolute atomic E-state index is 9.80. The van der Waals surface area contributed by atoms with Crippen molar-refractivity contribution < 1.29 is 4.74 Å². The number of aryl methyl sites for hydroxylation is 1. The van der Waals surface area contributed by atoms with E-state index in [1.54, 1.807) is 0 Å². The molecule has 5 aromatic rings. The molecule has 0 saturated carbocycles. The molecule has 0 amide bonds. The number of aromatic nitrogens is 2. The van der Waals surface area contributed by atoms with Gasteiger partial charge in [-0.25, -0.2) is 4.98 Å². The van der Waals surface area contributed by atoms with Crippen LogP contribution in [0, 0.1) is 18.3 Å². The summed E-state index contributed by atoms with van der Waals surface area (Å²) >= 11 is 0. The van der Waals surface area contributed by atoms with Gasteiger partial charge >= 0.3 is 0 Å². The number of hydrogen-bond acceptors (Lipinski definition) is 3. The molecular weight excluding hydrogens is 394 g/mol. The first-order valence-electron chi connectivity index (χ1n) is 10.5. The molecule has 4 aromatic carbocycles. The summed E-state index contributed by atoms with van der Waals surface area (Å²) in [5, 5.41) is 12.2. The largest absolute Gasteiger partial charge is 0.488 e. The number of para-hydroxylation sites is 1. The second-order valence-electron chi connectivity index (χ2n) is 7.78. The van der Waals surface area contributed by atoms with Gasteiger partial charge in [0, 0.05) is 5.56 Å². The normalized spacial score (nSPS) is 11.6. The van der Waals surface area contributed by atoms with E-state index < -0.39 is 0 Å². The van der Waals surface area contributed by atoms with Gasteiger partial charge in [-0.05, 0) is 59.2 Å². The molecule has 1 heterocycles. The summed E-state index contributed by atoms with van der Waals surface area (Å²) in [5.74, 6) is 1.28. The Bertz CT molecular complexity index is 1500. The van der Waals surface area contributed by atoms with Crippen LogP contribution in [0.4, 0.5) is 0 Å². The number of allylic oxidation sites excluding steroid dienone is 1. The first kappa shape index (κ1) is 19.6. The zero-order chi connectivity index (χ0) is 21.9. The van der Waals surface area contributed by atoms with Crippen LogP contribution in [0.1, 0.15) is 22.5 Å². The quantitative estimate of drug-likeness (QED) is 0.326. The second kappa shape index (κ2) is 8.41. The Morgan fingerprint density at radius 3 is 2.66 bits per heavy atom. The number of ether oxygens (including phenoxy) is 1. The minimum absolute atomic E-state index is 0.446. The van der Waals surface area contributed by atoms with Gasteiger partial charge < -0.3 is 9.72 Å². The molecule has 5 rings (SSSR count). The van der Waals surface area contributed by atoms with E-state index in [0.717, 1.165) is 33.5 Å². The van der Waals surface area contributed by atoms with Crippen LogP contribution < -0.4 is 4.74 Å². The van der Waals surface area contributed by atoms with Crippen molar-refractivity contribution >= 4 is 33.5 Å². The fourth-order valence-corrected chi connectivity index (χ4v) is 3.78. The summed E-state index contributed by atoms with van der Waals surface area (Å²) in [5.41, 5.74) is 5.29. The molecule has 0 saturated heterocycles. The highest BCUT2D eigenvalue weighted by molar-refractivity contribution is 5.91. The molecule has 4 nitrogen and oxygen atoms in total. The Morgan fingerprint density at radius 2 is 1.78 bits per heavy atom. The van der Waals surface area contributed by atoms with Crippen molar-refractivity contribution in [1.29, 1.82) is 5.26 Å². The molecule has 0 atom stereocenters. The lowest BCUT2D eigenvalue weighted by atomic mass is 10.1. The Kier molecular flexibility index (Phi) is 5.15. The van der Waals surface area contributed by atoms with Crippen LogP contribution in [0.15, 0.2) is 84.9 Å². The van der Waals surface area contributed by atoms with Gasteiger partial charge in [-0.2, -0.15) is 5.26 Å². The molecule has 4 heteroatoms. The van der Waals surface area contributed by atoms with E-state index in [1.807, 2.05) is 67.6 Å². The third-order valence-electron chi connectivity index (χ3n) is 5.44. The summed E-state index contributed by atoms with van der Waals surface area (Å²) < 4.78 is 6.14. The number of imidazole rings is 1. The van der Waals surface area contributed by atoms with E-state index in [2.05, 4.69) is 46.4 Å². The van der Waals surface area contributed by atoms with Crippen molar-refractivity contribution in [1.82, 2.24) is 9.97 Å². The van der Waals surface area contributed by atoms with Gasteiger partial charge in [0.15, 0.2) is 0 Å². The van der Waals surface area contributed by atoms with Gasteiger partial charge in [0.1, 0.15) is 24.3 Å². The monoisotopic (exact) mass is 415 g/mol. The summed E-state index contributed by atoms with van der Waals surface area (Å²) in [6, 6.07) is 30.6. The van der Waals surface area contributed by atoms with Crippen molar-refractivity contribution in [3.8, 4) is 11.8 Å². The standard InChI is InChI=1S/C28H21N3O/c1-19-10-13-25-26(14-19)31-28(30-25)24(17-29)16-23-8-4-5-9-27(23)32-18-20-11-12-21-6-2-3-7-22(21)15-20/h2-16H,18H2,1H3,(H,30,31). The number of aromatic amines is 1. The van der Waals surface area contributed by atoms with Crippen LogP contribution in [-0.4, -0.2) is 9.97 Å². The highest BCUT2D eigenvalue weighted by atomic mass is 16.5. The average Bonchev–Trinajstić information content (AvgIpc) is 3.24. The van der Waals surface area contributed by atoms with Gasteiger partial charge in [-0.15, -0.1) is 0 Å². The van der Waals surface area contributed by atoms with Crippen molar-refractivity contribution in [3.63, 3.8) is 0 Å². The number of nitriles is 1. The molecule has 0 spiro atoms. The molecule has 0 fully saturated rings. The summed E-state index contributed by atoms with van der Waals surface area (Å²) in [6.45, 7) is 2.48. The fourth-order valence-electron chi connectivity index (χ4n) is 3.78. The molecule has 1 N–H and O–H groups in total. The number of hydrogen-bond donors (Lipinski definition) is 1. The highest BCUT2D eigenvalue weighted by Gasteiger charge is 2.10. The summed E-state index contributed by atoms with van der Waals surface area (Å²) in [7, 11) is 0. The molecular formula is C28H21N3O.